The number of primary amides is 1. The van der Waals surface area contributed by atoms with Crippen LogP contribution < -0.4 is 98.0 Å². The second kappa shape index (κ2) is 51.6. The lowest BCUT2D eigenvalue weighted by atomic mass is 9.98. The van der Waals surface area contributed by atoms with Crippen molar-refractivity contribution in [2.24, 2.45) is 72.9 Å². The first-order valence-corrected chi connectivity index (χ1v) is 40.9. The van der Waals surface area contributed by atoms with E-state index in [1.54, 1.807) is 59.7 Å². The van der Waals surface area contributed by atoms with Crippen LogP contribution in [0, 0.1) is 17.8 Å². The summed E-state index contributed by atoms with van der Waals surface area (Å²) in [5.74, 6) is -10.6. The van der Waals surface area contributed by atoms with Crippen molar-refractivity contribution in [3.05, 3.63) is 23.2 Å². The number of unbranched alkanes of at least 4 members (excludes halogenated alkanes) is 2. The molecule has 0 fully saturated rings. The molecule has 0 saturated heterocycles. The smallest absolute Gasteiger partial charge is 0.480 e. The third kappa shape index (κ3) is 37.3. The molecule has 27 N–H and O–H groups in total. The van der Waals surface area contributed by atoms with Gasteiger partial charge in [0.2, 0.25) is 65.0 Å². The number of carbonyl (C=O) groups excluding carboxylic acids is 12. The number of aromatic nitrogens is 1. The number of aliphatic hydroxyl groups is 2. The molecule has 0 aliphatic carbocycles. The number of guanidine groups is 2. The van der Waals surface area contributed by atoms with Crippen LogP contribution in [0.25, 0.3) is 10.2 Å². The SMILES string of the molecule is CC(C)C[C@H](NC(=O)[C@H](CO)NC(=O)CNC(=O)CCSSCCCOC(=O)Oc1ccc2nc(C3=N[C@@H](C(=O)O)CS3)sc2c1)C(=O)N[C@@H](CCCCN)C(=O)N[C@H](C(=O)N[C@@H](CCCN=C(N)N)C(=O)N[C@H](C(=O)N[C@@H](CC(C)C)C(=O)N[C@@H](CCCCN)C(=O)N[C@@H](CCCN=C(N)N)C(N)=O)C(C)C)[C@@H](C)O. The van der Waals surface area contributed by atoms with Crippen molar-refractivity contribution in [1.82, 2.24) is 58.2 Å². The Morgan fingerprint density at radius 1 is 0.577 bits per heavy atom. The third-order valence-electron chi connectivity index (χ3n) is 16.4. The van der Waals surface area contributed by atoms with Gasteiger partial charge in [-0.25, -0.2) is 14.6 Å². The molecule has 1 aliphatic rings. The molecule has 0 radical (unpaired) electrons. The highest BCUT2D eigenvalue weighted by Gasteiger charge is 2.38. The van der Waals surface area contributed by atoms with E-state index in [1.807, 2.05) is 0 Å². The number of carboxylic acids is 1. The first-order chi connectivity index (χ1) is 52.6. The molecule has 622 valence electrons. The van der Waals surface area contributed by atoms with Gasteiger partial charge in [-0.1, -0.05) is 63.1 Å². The number of ether oxygens (including phenoxy) is 2. The van der Waals surface area contributed by atoms with Crippen molar-refractivity contribution in [1.29, 1.82) is 0 Å². The van der Waals surface area contributed by atoms with E-state index >= 15 is 0 Å². The minimum atomic E-state index is -1.81. The molecule has 11 atom stereocenters. The summed E-state index contributed by atoms with van der Waals surface area (Å²) in [5.41, 5.74) is 39.7. The average molecular weight is 1640 g/mol. The molecule has 11 amide bonds. The van der Waals surface area contributed by atoms with E-state index in [-0.39, 0.29) is 126 Å². The predicted molar refractivity (Wildman–Crippen MR) is 424 cm³/mol. The number of benzene rings is 1. The minimum absolute atomic E-state index is 0.00233. The van der Waals surface area contributed by atoms with E-state index in [2.05, 4.69) is 73.1 Å². The molecule has 1 aliphatic heterocycles. The quantitative estimate of drug-likeness (QED) is 0.00804. The molecular weight excluding hydrogens is 1530 g/mol. The van der Waals surface area contributed by atoms with Crippen LogP contribution in [0.2, 0.25) is 0 Å². The summed E-state index contributed by atoms with van der Waals surface area (Å²) in [7, 11) is 2.78. The second-order valence-corrected chi connectivity index (χ2v) is 32.0. The summed E-state index contributed by atoms with van der Waals surface area (Å²) < 4.78 is 11.2. The molecule has 0 unspecified atom stereocenters. The number of aliphatic carboxylic acids is 1. The second-order valence-electron chi connectivity index (χ2n) is 27.2. The van der Waals surface area contributed by atoms with E-state index in [0.717, 1.165) is 0 Å². The molecule has 111 heavy (non-hydrogen) atoms. The zero-order chi connectivity index (χ0) is 82.9. The fourth-order valence-electron chi connectivity index (χ4n) is 10.6. The van der Waals surface area contributed by atoms with Gasteiger partial charge in [-0.05, 0) is 133 Å². The van der Waals surface area contributed by atoms with Gasteiger partial charge in [0.1, 0.15) is 70.2 Å². The van der Waals surface area contributed by atoms with Crippen LogP contribution in [0.5, 0.6) is 5.75 Å². The molecule has 39 nitrogen and oxygen atoms in total. The van der Waals surface area contributed by atoms with Gasteiger partial charge in [-0.15, -0.1) is 23.1 Å². The molecule has 1 aromatic carbocycles. The monoisotopic (exact) mass is 1640 g/mol. The molecule has 3 rings (SSSR count). The topological polar surface area (TPSA) is 653 Å². The van der Waals surface area contributed by atoms with Gasteiger partial charge in [0, 0.05) is 42.8 Å². The Kier molecular flexibility index (Phi) is 44.8. The Balaban J connectivity index is 1.64. The lowest BCUT2D eigenvalue weighted by Gasteiger charge is -2.30. The van der Waals surface area contributed by atoms with Crippen LogP contribution in [-0.2, 0) is 62.3 Å². The van der Waals surface area contributed by atoms with Crippen molar-refractivity contribution in [3.63, 3.8) is 0 Å². The van der Waals surface area contributed by atoms with Crippen LogP contribution in [0.1, 0.15) is 143 Å². The zero-order valence-electron chi connectivity index (χ0n) is 63.7. The Hall–Kier alpha value is -8.88. The Morgan fingerprint density at radius 2 is 1.05 bits per heavy atom. The maximum absolute atomic E-state index is 14.5. The largest absolute Gasteiger partial charge is 0.513 e. The predicted octanol–water partition coefficient (Wildman–Crippen LogP) is -2.63. The summed E-state index contributed by atoms with van der Waals surface area (Å²) >= 11 is 2.60. The van der Waals surface area contributed by atoms with Crippen molar-refractivity contribution in [3.8, 4) is 5.75 Å². The summed E-state index contributed by atoms with van der Waals surface area (Å²) in [6, 6.07) is -8.76. The lowest BCUT2D eigenvalue weighted by molar-refractivity contribution is -0.138. The number of carbonyl (C=O) groups is 13. The highest BCUT2D eigenvalue weighted by Crippen LogP contribution is 2.32. The molecule has 2 aromatic rings. The highest BCUT2D eigenvalue weighted by atomic mass is 33.1. The molecule has 0 spiro atoms. The number of fused-ring (bicyclic) bond motifs is 1. The molecule has 0 saturated carbocycles. The summed E-state index contributed by atoms with van der Waals surface area (Å²) in [6.07, 6.45) is -0.349. The van der Waals surface area contributed by atoms with Crippen molar-refractivity contribution >= 4 is 149 Å². The maximum Gasteiger partial charge on any atom is 0.513 e. The molecular formula is C68H113N21O18S4. The third-order valence-corrected chi connectivity index (χ3v) is 21.1. The van der Waals surface area contributed by atoms with Crippen LogP contribution in [0.4, 0.5) is 4.79 Å². The molecule has 1 aromatic heterocycles. The number of rotatable bonds is 54. The average Bonchev–Trinajstić information content (AvgIpc) is 1.67. The van der Waals surface area contributed by atoms with Gasteiger partial charge in [0.15, 0.2) is 18.0 Å². The van der Waals surface area contributed by atoms with Crippen LogP contribution in [0.3, 0.4) is 0 Å². The van der Waals surface area contributed by atoms with E-state index < -0.39 is 163 Å². The number of hydrogen-bond acceptors (Lipinski definition) is 27. The number of nitrogens with two attached hydrogens (primary N) is 7. The number of amides is 11. The van der Waals surface area contributed by atoms with E-state index in [1.165, 1.54) is 51.6 Å². The fraction of sp³-hybridized carbons (Fsp3) is 0.662. The number of nitrogens with one attached hydrogen (secondary N) is 10. The van der Waals surface area contributed by atoms with Crippen molar-refractivity contribution < 1.29 is 87.1 Å². The number of aliphatic hydroxyl groups excluding tert-OH is 2. The number of nitrogens with zero attached hydrogens (tertiary/aromatic N) is 4. The summed E-state index contributed by atoms with van der Waals surface area (Å²) in [5, 5.41) is 57.3. The normalized spacial score (nSPS) is 15.3. The summed E-state index contributed by atoms with van der Waals surface area (Å²) in [6.45, 7) is 10.6. The minimum Gasteiger partial charge on any atom is -0.480 e. The van der Waals surface area contributed by atoms with Gasteiger partial charge in [0.25, 0.3) is 0 Å². The number of aliphatic imine (C=N–C) groups is 3. The van der Waals surface area contributed by atoms with Crippen LogP contribution in [0.15, 0.2) is 33.2 Å². The van der Waals surface area contributed by atoms with Crippen molar-refractivity contribution in [2.75, 3.05) is 63.2 Å². The molecule has 43 heteroatoms. The zero-order valence-corrected chi connectivity index (χ0v) is 67.0. The van der Waals surface area contributed by atoms with E-state index in [4.69, 9.17) is 49.6 Å². The Morgan fingerprint density at radius 3 is 1.56 bits per heavy atom. The van der Waals surface area contributed by atoms with Gasteiger partial charge in [-0.3, -0.25) is 67.7 Å². The van der Waals surface area contributed by atoms with Gasteiger partial charge in [-0.2, -0.15) is 0 Å². The first-order valence-electron chi connectivity index (χ1n) is 36.6. The molecule has 2 heterocycles. The number of thiazole rings is 1. The van der Waals surface area contributed by atoms with Gasteiger partial charge < -0.3 is 118 Å². The highest BCUT2D eigenvalue weighted by molar-refractivity contribution is 8.76. The summed E-state index contributed by atoms with van der Waals surface area (Å²) in [4.78, 5) is 192. The lowest BCUT2D eigenvalue weighted by Crippen LogP contribution is -2.62. The number of thioether (sulfide) groups is 1. The molecule has 0 bridgehead atoms. The maximum atomic E-state index is 14.5. The van der Waals surface area contributed by atoms with Gasteiger partial charge in [0.05, 0.1) is 36.1 Å². The standard InChI is InChI=1S/C68H113N21O18S4/c1-35(2)29-45(84-60(100)47(33-90)79-51(93)32-78-50(92)21-28-110-109-27-14-26-106-68(105)107-39-19-20-40-49(31-39)111-64(86-40)63-87-48(34-108-63)65(103)104)58(98)82-43(16-9-11-23-70)57(97)89-53(38(7)91)62(102)83-44(18-13-25-77-67(74)75)56(96)88-52(37(5)6)61(101)85-46(30-36(3)4)59(99)81-42(15-8-10-22-69)55(95)80-41(54(71)94)17-12-24-76-66(72)73/h19-20,31,35-38,41-48,52-53,90-91H,8-18,21-30,32-34,69-70H2,1-7H3,(H2,71,94)(H,78,92)(H,79,93)(H,80,95)(H,81,99)(H,82,98)(H,83,102)(H,84,100)(H,85,101)(H,88,96)(H,89,97)(H,103,104)(H4,72,73,76)(H4,74,75,77)/t38-,41+,42+,43+,44+,45+,46+,47+,48-,52+,53+/m1/s1. The fourth-order valence-corrected chi connectivity index (χ4v) is 14.7. The first kappa shape index (κ1) is 96.3. The van der Waals surface area contributed by atoms with Crippen LogP contribution >= 0.6 is 44.7 Å². The number of carboxylic acid groups (broad SMARTS) is 1. The van der Waals surface area contributed by atoms with E-state index in [0.29, 0.717) is 63.2 Å². The Bertz CT molecular complexity index is 3510. The number of hydrogen-bond donors (Lipinski definition) is 20. The van der Waals surface area contributed by atoms with Gasteiger partial charge >= 0.3 is 12.1 Å². The van der Waals surface area contributed by atoms with Crippen LogP contribution in [-0.4, -0.2) is 244 Å². The van der Waals surface area contributed by atoms with Crippen molar-refractivity contribution in [2.45, 2.75) is 205 Å². The Labute approximate surface area is 660 Å². The van der Waals surface area contributed by atoms with E-state index in [9.17, 15) is 77.6 Å².